The third kappa shape index (κ3) is 3.65. The molecule has 0 spiro atoms. The molecule has 1 aromatic carbocycles. The zero-order valence-electron chi connectivity index (χ0n) is 9.07. The summed E-state index contributed by atoms with van der Waals surface area (Å²) in [7, 11) is 0. The van der Waals surface area contributed by atoms with Gasteiger partial charge in [-0.25, -0.2) is 0 Å². The lowest BCUT2D eigenvalue weighted by Gasteiger charge is -2.11. The van der Waals surface area contributed by atoms with Gasteiger partial charge in [0.05, 0.1) is 6.61 Å². The molecule has 1 unspecified atom stereocenters. The van der Waals surface area contributed by atoms with Crippen LogP contribution in [-0.4, -0.2) is 6.61 Å². The first kappa shape index (κ1) is 11.6. The second-order valence-electron chi connectivity index (χ2n) is 3.44. The van der Waals surface area contributed by atoms with Gasteiger partial charge in [0, 0.05) is 12.5 Å². The zero-order chi connectivity index (χ0) is 11.1. The van der Waals surface area contributed by atoms with Crippen molar-refractivity contribution in [2.75, 3.05) is 6.61 Å². The highest BCUT2D eigenvalue weighted by Gasteiger charge is 2.04. The van der Waals surface area contributed by atoms with Crippen LogP contribution in [0.3, 0.4) is 0 Å². The Bertz CT molecular complexity index is 341. The minimum absolute atomic E-state index is 0.0971. The molecule has 0 saturated heterocycles. The summed E-state index contributed by atoms with van der Waals surface area (Å²) in [5, 5.41) is 0. The SMILES string of the molecule is C#CCC(N)c1cccc(OCCC)c1. The van der Waals surface area contributed by atoms with E-state index in [2.05, 4.69) is 12.8 Å². The van der Waals surface area contributed by atoms with Crippen molar-refractivity contribution in [1.82, 2.24) is 0 Å². The van der Waals surface area contributed by atoms with Gasteiger partial charge in [-0.05, 0) is 24.1 Å². The molecule has 1 rings (SSSR count). The molecule has 80 valence electrons. The second kappa shape index (κ2) is 6.10. The molecule has 2 heteroatoms. The third-order valence-corrected chi connectivity index (χ3v) is 2.10. The van der Waals surface area contributed by atoms with Crippen molar-refractivity contribution < 1.29 is 4.74 Å². The Kier molecular flexibility index (Phi) is 4.73. The quantitative estimate of drug-likeness (QED) is 0.746. The van der Waals surface area contributed by atoms with Crippen molar-refractivity contribution >= 4 is 0 Å². The van der Waals surface area contributed by atoms with Crippen LogP contribution in [0.1, 0.15) is 31.4 Å². The molecule has 2 nitrogen and oxygen atoms in total. The van der Waals surface area contributed by atoms with E-state index in [4.69, 9.17) is 16.9 Å². The van der Waals surface area contributed by atoms with E-state index in [1.54, 1.807) is 0 Å². The summed E-state index contributed by atoms with van der Waals surface area (Å²) < 4.78 is 5.52. The molecule has 0 aliphatic heterocycles. The van der Waals surface area contributed by atoms with Crippen LogP contribution in [0, 0.1) is 12.3 Å². The minimum atomic E-state index is -0.0971. The van der Waals surface area contributed by atoms with E-state index in [0.717, 1.165) is 24.3 Å². The van der Waals surface area contributed by atoms with E-state index >= 15 is 0 Å². The highest BCUT2D eigenvalue weighted by Crippen LogP contribution is 2.19. The van der Waals surface area contributed by atoms with Gasteiger partial charge >= 0.3 is 0 Å². The molecule has 0 bridgehead atoms. The van der Waals surface area contributed by atoms with E-state index in [9.17, 15) is 0 Å². The van der Waals surface area contributed by atoms with E-state index in [-0.39, 0.29) is 6.04 Å². The monoisotopic (exact) mass is 203 g/mol. The maximum absolute atomic E-state index is 5.91. The summed E-state index contributed by atoms with van der Waals surface area (Å²) >= 11 is 0. The third-order valence-electron chi connectivity index (χ3n) is 2.10. The lowest BCUT2D eigenvalue weighted by atomic mass is 10.1. The fourth-order valence-corrected chi connectivity index (χ4v) is 1.30. The molecular weight excluding hydrogens is 186 g/mol. The standard InChI is InChI=1S/C13H17NO/c1-3-6-13(14)11-7-5-8-12(10-11)15-9-4-2/h1,5,7-8,10,13H,4,6,9,14H2,2H3. The van der Waals surface area contributed by atoms with Crippen molar-refractivity contribution in [3.63, 3.8) is 0 Å². The first-order valence-corrected chi connectivity index (χ1v) is 5.19. The molecule has 0 heterocycles. The Hall–Kier alpha value is -1.46. The lowest BCUT2D eigenvalue weighted by Crippen LogP contribution is -2.09. The van der Waals surface area contributed by atoms with Gasteiger partial charge in [-0.3, -0.25) is 0 Å². The Morgan fingerprint density at radius 2 is 2.33 bits per heavy atom. The molecule has 0 amide bonds. The van der Waals surface area contributed by atoms with Gasteiger partial charge in [0.1, 0.15) is 5.75 Å². The fourth-order valence-electron chi connectivity index (χ4n) is 1.30. The van der Waals surface area contributed by atoms with Crippen LogP contribution in [0.2, 0.25) is 0 Å². The molecular formula is C13H17NO. The zero-order valence-corrected chi connectivity index (χ0v) is 9.07. The van der Waals surface area contributed by atoms with Gasteiger partial charge in [0.15, 0.2) is 0 Å². The first-order valence-electron chi connectivity index (χ1n) is 5.19. The van der Waals surface area contributed by atoms with Gasteiger partial charge in [-0.2, -0.15) is 0 Å². The summed E-state index contributed by atoms with van der Waals surface area (Å²) in [4.78, 5) is 0. The molecule has 0 radical (unpaired) electrons. The summed E-state index contributed by atoms with van der Waals surface area (Å²) in [6, 6.07) is 7.71. The predicted molar refractivity (Wildman–Crippen MR) is 62.6 cm³/mol. The summed E-state index contributed by atoms with van der Waals surface area (Å²) in [5.41, 5.74) is 6.93. The minimum Gasteiger partial charge on any atom is -0.494 e. The molecule has 0 fully saturated rings. The van der Waals surface area contributed by atoms with Crippen molar-refractivity contribution in [2.24, 2.45) is 5.73 Å². The molecule has 0 aromatic heterocycles. The van der Waals surface area contributed by atoms with E-state index in [1.165, 1.54) is 0 Å². The number of hydrogen-bond donors (Lipinski definition) is 1. The summed E-state index contributed by atoms with van der Waals surface area (Å²) in [6.07, 6.45) is 6.78. The van der Waals surface area contributed by atoms with Gasteiger partial charge in [-0.15, -0.1) is 12.3 Å². The second-order valence-corrected chi connectivity index (χ2v) is 3.44. The van der Waals surface area contributed by atoms with Crippen LogP contribution in [0.5, 0.6) is 5.75 Å². The maximum Gasteiger partial charge on any atom is 0.119 e. The van der Waals surface area contributed by atoms with Crippen LogP contribution in [-0.2, 0) is 0 Å². The number of nitrogens with two attached hydrogens (primary N) is 1. The van der Waals surface area contributed by atoms with Crippen LogP contribution in [0.15, 0.2) is 24.3 Å². The molecule has 15 heavy (non-hydrogen) atoms. The maximum atomic E-state index is 5.91. The van der Waals surface area contributed by atoms with Crippen LogP contribution >= 0.6 is 0 Å². The molecule has 1 atom stereocenters. The number of ether oxygens (including phenoxy) is 1. The van der Waals surface area contributed by atoms with Gasteiger partial charge in [-0.1, -0.05) is 19.1 Å². The normalized spacial score (nSPS) is 11.8. The Labute approximate surface area is 91.4 Å². The topological polar surface area (TPSA) is 35.2 Å². The Balaban J connectivity index is 2.69. The number of hydrogen-bond acceptors (Lipinski definition) is 2. The lowest BCUT2D eigenvalue weighted by molar-refractivity contribution is 0.317. The van der Waals surface area contributed by atoms with E-state index in [1.807, 2.05) is 24.3 Å². The first-order chi connectivity index (χ1) is 7.27. The van der Waals surface area contributed by atoms with Crippen molar-refractivity contribution in [3.8, 4) is 18.1 Å². The average Bonchev–Trinajstić information content (AvgIpc) is 2.27. The van der Waals surface area contributed by atoms with Crippen LogP contribution in [0.4, 0.5) is 0 Å². The van der Waals surface area contributed by atoms with Crippen molar-refractivity contribution in [2.45, 2.75) is 25.8 Å². The molecule has 0 aliphatic rings. The fraction of sp³-hybridized carbons (Fsp3) is 0.385. The highest BCUT2D eigenvalue weighted by molar-refractivity contribution is 5.30. The summed E-state index contributed by atoms with van der Waals surface area (Å²) in [5.74, 6) is 3.43. The number of terminal acetylenes is 1. The van der Waals surface area contributed by atoms with Gasteiger partial charge in [0.25, 0.3) is 0 Å². The van der Waals surface area contributed by atoms with Crippen molar-refractivity contribution in [1.29, 1.82) is 0 Å². The highest BCUT2D eigenvalue weighted by atomic mass is 16.5. The largest absolute Gasteiger partial charge is 0.494 e. The van der Waals surface area contributed by atoms with Gasteiger partial charge < -0.3 is 10.5 Å². The van der Waals surface area contributed by atoms with Crippen LogP contribution < -0.4 is 10.5 Å². The predicted octanol–water partition coefficient (Wildman–Crippen LogP) is 2.50. The summed E-state index contributed by atoms with van der Waals surface area (Å²) in [6.45, 7) is 2.81. The number of benzene rings is 1. The molecule has 0 saturated carbocycles. The van der Waals surface area contributed by atoms with Crippen LogP contribution in [0.25, 0.3) is 0 Å². The van der Waals surface area contributed by atoms with E-state index in [0.29, 0.717) is 6.42 Å². The van der Waals surface area contributed by atoms with Crippen molar-refractivity contribution in [3.05, 3.63) is 29.8 Å². The molecule has 0 aliphatic carbocycles. The molecule has 2 N–H and O–H groups in total. The number of rotatable bonds is 5. The smallest absolute Gasteiger partial charge is 0.119 e. The van der Waals surface area contributed by atoms with E-state index < -0.39 is 0 Å². The average molecular weight is 203 g/mol. The Morgan fingerprint density at radius 3 is 3.00 bits per heavy atom. The van der Waals surface area contributed by atoms with Gasteiger partial charge in [0.2, 0.25) is 0 Å². The molecule has 1 aromatic rings. The Morgan fingerprint density at radius 1 is 1.53 bits per heavy atom.